The minimum atomic E-state index is 0.265. The van der Waals surface area contributed by atoms with Crippen LogP contribution in [0.1, 0.15) is 39.5 Å². The second kappa shape index (κ2) is 10.4. The molecule has 1 N–H and O–H groups in total. The Hall–Kier alpha value is -0.120. The van der Waals surface area contributed by atoms with Gasteiger partial charge in [0.25, 0.3) is 0 Å². The molecular formula is C12H27NO2. The number of methoxy groups -OCH3 is 1. The topological polar surface area (TPSA) is 32.7 Å². The van der Waals surface area contributed by atoms with Crippen molar-refractivity contribution < 1.29 is 9.84 Å². The Morgan fingerprint density at radius 1 is 1.13 bits per heavy atom. The zero-order chi connectivity index (χ0) is 11.5. The molecule has 15 heavy (non-hydrogen) atoms. The predicted molar refractivity (Wildman–Crippen MR) is 64.1 cm³/mol. The van der Waals surface area contributed by atoms with Gasteiger partial charge in [-0.2, -0.15) is 0 Å². The van der Waals surface area contributed by atoms with Gasteiger partial charge in [-0.15, -0.1) is 0 Å². The maximum absolute atomic E-state index is 9.01. The van der Waals surface area contributed by atoms with E-state index in [-0.39, 0.29) is 6.61 Å². The van der Waals surface area contributed by atoms with Crippen LogP contribution >= 0.6 is 0 Å². The SMILES string of the molecule is CCC(CC)N(CCO)CCCCOC. The molecule has 0 spiro atoms. The van der Waals surface area contributed by atoms with Crippen molar-refractivity contribution in [2.45, 2.75) is 45.6 Å². The van der Waals surface area contributed by atoms with E-state index in [2.05, 4.69) is 18.7 Å². The maximum Gasteiger partial charge on any atom is 0.0558 e. The van der Waals surface area contributed by atoms with Gasteiger partial charge in [-0.25, -0.2) is 0 Å². The molecule has 3 heteroatoms. The Bertz CT molecular complexity index is 127. The van der Waals surface area contributed by atoms with E-state index in [0.29, 0.717) is 6.04 Å². The van der Waals surface area contributed by atoms with Crippen LogP contribution in [0.4, 0.5) is 0 Å². The highest BCUT2D eigenvalue weighted by Gasteiger charge is 2.13. The molecule has 0 aromatic carbocycles. The molecule has 0 heterocycles. The maximum atomic E-state index is 9.01. The molecule has 0 aliphatic heterocycles. The van der Waals surface area contributed by atoms with Gasteiger partial charge >= 0.3 is 0 Å². The van der Waals surface area contributed by atoms with Crippen LogP contribution in [0.5, 0.6) is 0 Å². The molecule has 92 valence electrons. The van der Waals surface area contributed by atoms with Crippen LogP contribution in [-0.2, 0) is 4.74 Å². The Kier molecular flexibility index (Phi) is 10.3. The fraction of sp³-hybridized carbons (Fsp3) is 1.00. The standard InChI is InChI=1S/C12H27NO2/c1-4-12(5-2)13(9-10-14)8-6-7-11-15-3/h12,14H,4-11H2,1-3H3. The summed E-state index contributed by atoms with van der Waals surface area (Å²) in [7, 11) is 1.74. The van der Waals surface area contributed by atoms with Crippen molar-refractivity contribution in [3.05, 3.63) is 0 Å². The van der Waals surface area contributed by atoms with Gasteiger partial charge in [-0.1, -0.05) is 13.8 Å². The van der Waals surface area contributed by atoms with E-state index < -0.39 is 0 Å². The van der Waals surface area contributed by atoms with Gasteiger partial charge in [0, 0.05) is 26.3 Å². The number of nitrogens with zero attached hydrogens (tertiary/aromatic N) is 1. The lowest BCUT2D eigenvalue weighted by molar-refractivity contribution is 0.133. The summed E-state index contributed by atoms with van der Waals surface area (Å²) in [6.07, 6.45) is 4.60. The molecule has 0 aromatic heterocycles. The van der Waals surface area contributed by atoms with Crippen LogP contribution in [0.25, 0.3) is 0 Å². The number of aliphatic hydroxyl groups excluding tert-OH is 1. The molecular weight excluding hydrogens is 190 g/mol. The first kappa shape index (κ1) is 14.9. The smallest absolute Gasteiger partial charge is 0.0558 e. The van der Waals surface area contributed by atoms with Crippen LogP contribution in [0.15, 0.2) is 0 Å². The van der Waals surface area contributed by atoms with Crippen LogP contribution in [0.2, 0.25) is 0 Å². The predicted octanol–water partition coefficient (Wildman–Crippen LogP) is 1.90. The van der Waals surface area contributed by atoms with Gasteiger partial charge < -0.3 is 9.84 Å². The van der Waals surface area contributed by atoms with Crippen molar-refractivity contribution in [1.29, 1.82) is 0 Å². The number of unbranched alkanes of at least 4 members (excludes halogenated alkanes) is 1. The second-order valence-corrected chi connectivity index (χ2v) is 3.93. The van der Waals surface area contributed by atoms with Crippen molar-refractivity contribution in [1.82, 2.24) is 4.90 Å². The molecule has 0 radical (unpaired) electrons. The fourth-order valence-corrected chi connectivity index (χ4v) is 1.97. The minimum absolute atomic E-state index is 0.265. The quantitative estimate of drug-likeness (QED) is 0.567. The fourth-order valence-electron chi connectivity index (χ4n) is 1.97. The van der Waals surface area contributed by atoms with Gasteiger partial charge in [0.05, 0.1) is 6.61 Å². The van der Waals surface area contributed by atoms with Gasteiger partial charge in [0.1, 0.15) is 0 Å². The van der Waals surface area contributed by atoms with Crippen LogP contribution in [0, 0.1) is 0 Å². The molecule has 0 saturated carbocycles. The third-order valence-electron chi connectivity index (χ3n) is 2.89. The van der Waals surface area contributed by atoms with Crippen molar-refractivity contribution in [2.24, 2.45) is 0 Å². The number of ether oxygens (including phenoxy) is 1. The lowest BCUT2D eigenvalue weighted by atomic mass is 10.1. The summed E-state index contributed by atoms with van der Waals surface area (Å²) in [5.74, 6) is 0. The van der Waals surface area contributed by atoms with E-state index in [9.17, 15) is 0 Å². The van der Waals surface area contributed by atoms with Gasteiger partial charge in [-0.05, 0) is 32.2 Å². The van der Waals surface area contributed by atoms with E-state index in [1.807, 2.05) is 0 Å². The molecule has 0 aliphatic rings. The number of aliphatic hydroxyl groups is 1. The van der Waals surface area contributed by atoms with E-state index in [4.69, 9.17) is 9.84 Å². The van der Waals surface area contributed by atoms with Gasteiger partial charge in [-0.3, -0.25) is 4.90 Å². The second-order valence-electron chi connectivity index (χ2n) is 3.93. The Balaban J connectivity index is 3.80. The number of rotatable bonds is 10. The Morgan fingerprint density at radius 3 is 2.27 bits per heavy atom. The molecule has 0 aromatic rings. The first-order valence-corrected chi connectivity index (χ1v) is 6.13. The molecule has 0 unspecified atom stereocenters. The minimum Gasteiger partial charge on any atom is -0.395 e. The van der Waals surface area contributed by atoms with Crippen LogP contribution in [-0.4, -0.2) is 49.5 Å². The van der Waals surface area contributed by atoms with E-state index >= 15 is 0 Å². The highest BCUT2D eigenvalue weighted by atomic mass is 16.5. The summed E-state index contributed by atoms with van der Waals surface area (Å²) in [6, 6.07) is 0.625. The highest BCUT2D eigenvalue weighted by Crippen LogP contribution is 2.09. The summed E-state index contributed by atoms with van der Waals surface area (Å²) in [4.78, 5) is 2.40. The summed E-state index contributed by atoms with van der Waals surface area (Å²) >= 11 is 0. The molecule has 0 amide bonds. The van der Waals surface area contributed by atoms with Crippen molar-refractivity contribution in [2.75, 3.05) is 33.4 Å². The first-order chi connectivity index (χ1) is 7.29. The summed E-state index contributed by atoms with van der Waals surface area (Å²) in [5.41, 5.74) is 0. The third kappa shape index (κ3) is 6.88. The summed E-state index contributed by atoms with van der Waals surface area (Å²) in [5, 5.41) is 9.01. The summed E-state index contributed by atoms with van der Waals surface area (Å²) in [6.45, 7) is 7.42. The molecule has 0 atom stereocenters. The average molecular weight is 217 g/mol. The Labute approximate surface area is 94.4 Å². The zero-order valence-corrected chi connectivity index (χ0v) is 10.5. The highest BCUT2D eigenvalue weighted by molar-refractivity contribution is 4.68. The molecule has 0 fully saturated rings. The third-order valence-corrected chi connectivity index (χ3v) is 2.89. The first-order valence-electron chi connectivity index (χ1n) is 6.13. The summed E-state index contributed by atoms with van der Waals surface area (Å²) < 4.78 is 5.03. The zero-order valence-electron chi connectivity index (χ0n) is 10.5. The van der Waals surface area contributed by atoms with Gasteiger partial charge in [0.15, 0.2) is 0 Å². The van der Waals surface area contributed by atoms with Crippen molar-refractivity contribution >= 4 is 0 Å². The molecule has 3 nitrogen and oxygen atoms in total. The number of hydrogen-bond donors (Lipinski definition) is 1. The van der Waals surface area contributed by atoms with Crippen LogP contribution in [0.3, 0.4) is 0 Å². The lowest BCUT2D eigenvalue weighted by Crippen LogP contribution is -2.37. The lowest BCUT2D eigenvalue weighted by Gasteiger charge is -2.29. The van der Waals surface area contributed by atoms with Crippen molar-refractivity contribution in [3.63, 3.8) is 0 Å². The van der Waals surface area contributed by atoms with Gasteiger partial charge in [0.2, 0.25) is 0 Å². The van der Waals surface area contributed by atoms with E-state index in [1.165, 1.54) is 12.8 Å². The number of hydrogen-bond acceptors (Lipinski definition) is 3. The van der Waals surface area contributed by atoms with E-state index in [1.54, 1.807) is 7.11 Å². The molecule has 0 saturated heterocycles. The molecule has 0 bridgehead atoms. The normalized spacial score (nSPS) is 11.6. The molecule has 0 rings (SSSR count). The largest absolute Gasteiger partial charge is 0.395 e. The van der Waals surface area contributed by atoms with E-state index in [0.717, 1.165) is 32.5 Å². The molecule has 0 aliphatic carbocycles. The Morgan fingerprint density at radius 2 is 1.80 bits per heavy atom. The van der Waals surface area contributed by atoms with Crippen LogP contribution < -0.4 is 0 Å². The average Bonchev–Trinajstić information content (AvgIpc) is 2.26. The monoisotopic (exact) mass is 217 g/mol. The van der Waals surface area contributed by atoms with Crippen molar-refractivity contribution in [3.8, 4) is 0 Å².